The van der Waals surface area contributed by atoms with Gasteiger partial charge in [0.25, 0.3) is 0 Å². The fraction of sp³-hybridized carbons (Fsp3) is 1.00. The van der Waals surface area contributed by atoms with Gasteiger partial charge in [-0.2, -0.15) is 0 Å². The first-order valence-electron chi connectivity index (χ1n) is 3.71. The number of hydrogen-bond acceptors (Lipinski definition) is 4. The molecule has 4 nitrogen and oxygen atoms in total. The van der Waals surface area contributed by atoms with Crippen molar-refractivity contribution in [2.45, 2.75) is 36.6 Å². The van der Waals surface area contributed by atoms with E-state index in [1.807, 2.05) is 0 Å². The molecule has 0 aliphatic heterocycles. The molecule has 0 saturated heterocycles. The third-order valence-electron chi connectivity index (χ3n) is 2.27. The van der Waals surface area contributed by atoms with Crippen molar-refractivity contribution in [1.82, 2.24) is 0 Å². The van der Waals surface area contributed by atoms with Gasteiger partial charge >= 0.3 is 0 Å². The molecule has 1 aliphatic rings. The van der Waals surface area contributed by atoms with Crippen LogP contribution in [-0.4, -0.2) is 19.7 Å². The molecule has 0 radical (unpaired) electrons. The average molecular weight is 177 g/mol. The second-order valence-electron chi connectivity index (χ2n) is 3.04. The SMILES string of the molecule is NC1CCCCC1(N)S(=O)[O-]. The normalized spacial score (nSPS) is 41.9. The number of rotatable bonds is 1. The smallest absolute Gasteiger partial charge is 0.0940 e. The van der Waals surface area contributed by atoms with E-state index in [9.17, 15) is 8.76 Å². The van der Waals surface area contributed by atoms with Gasteiger partial charge in [-0.25, -0.2) is 0 Å². The van der Waals surface area contributed by atoms with E-state index in [2.05, 4.69) is 0 Å². The minimum Gasteiger partial charge on any atom is -0.771 e. The van der Waals surface area contributed by atoms with Crippen molar-refractivity contribution >= 4 is 11.1 Å². The Labute approximate surface area is 68.6 Å². The van der Waals surface area contributed by atoms with E-state index in [4.69, 9.17) is 11.5 Å². The molecule has 1 saturated carbocycles. The van der Waals surface area contributed by atoms with E-state index in [0.717, 1.165) is 12.8 Å². The highest BCUT2D eigenvalue weighted by Gasteiger charge is 2.35. The molecule has 66 valence electrons. The van der Waals surface area contributed by atoms with Crippen LogP contribution in [0.3, 0.4) is 0 Å². The molecule has 0 aromatic heterocycles. The third kappa shape index (κ3) is 1.61. The van der Waals surface area contributed by atoms with Gasteiger partial charge in [-0.15, -0.1) is 0 Å². The summed E-state index contributed by atoms with van der Waals surface area (Å²) in [5, 5.41) is 0. The highest BCUT2D eigenvalue weighted by atomic mass is 32.2. The molecule has 1 rings (SSSR count). The van der Waals surface area contributed by atoms with Crippen LogP contribution in [0.25, 0.3) is 0 Å². The van der Waals surface area contributed by atoms with E-state index in [1.165, 1.54) is 0 Å². The largest absolute Gasteiger partial charge is 0.771 e. The first-order chi connectivity index (χ1) is 5.07. The van der Waals surface area contributed by atoms with Crippen molar-refractivity contribution < 1.29 is 8.76 Å². The zero-order chi connectivity index (χ0) is 8.48. The topological polar surface area (TPSA) is 92.2 Å². The molecule has 0 aromatic rings. The molecule has 0 amide bonds. The summed E-state index contributed by atoms with van der Waals surface area (Å²) in [5.74, 6) is 0. The third-order valence-corrected chi connectivity index (χ3v) is 3.40. The molecule has 1 fully saturated rings. The quantitative estimate of drug-likeness (QED) is 0.524. The Morgan fingerprint density at radius 1 is 1.55 bits per heavy atom. The lowest BCUT2D eigenvalue weighted by Gasteiger charge is -2.40. The van der Waals surface area contributed by atoms with Gasteiger partial charge in [0, 0.05) is 6.04 Å². The maximum atomic E-state index is 10.7. The molecule has 4 N–H and O–H groups in total. The summed E-state index contributed by atoms with van der Waals surface area (Å²) in [7, 11) is 0. The number of hydrogen-bond donors (Lipinski definition) is 2. The van der Waals surface area contributed by atoms with Crippen LogP contribution in [-0.2, 0) is 11.1 Å². The summed E-state index contributed by atoms with van der Waals surface area (Å²) in [5.41, 5.74) is 11.2. The van der Waals surface area contributed by atoms with Crippen LogP contribution in [0, 0.1) is 0 Å². The summed E-state index contributed by atoms with van der Waals surface area (Å²) in [4.78, 5) is -1.17. The van der Waals surface area contributed by atoms with E-state index in [-0.39, 0.29) is 0 Å². The molecule has 0 heterocycles. The molecule has 3 unspecified atom stereocenters. The van der Waals surface area contributed by atoms with Crippen molar-refractivity contribution in [1.29, 1.82) is 0 Å². The maximum Gasteiger partial charge on any atom is 0.0940 e. The van der Waals surface area contributed by atoms with Crippen molar-refractivity contribution in [3.63, 3.8) is 0 Å². The summed E-state index contributed by atoms with van der Waals surface area (Å²) in [6, 6.07) is -0.394. The summed E-state index contributed by atoms with van der Waals surface area (Å²) in [6.45, 7) is 0. The highest BCUT2D eigenvalue weighted by Crippen LogP contribution is 2.26. The fourth-order valence-electron chi connectivity index (χ4n) is 1.40. The van der Waals surface area contributed by atoms with Gasteiger partial charge in [0.1, 0.15) is 0 Å². The van der Waals surface area contributed by atoms with Crippen LogP contribution in [0.4, 0.5) is 0 Å². The molecule has 3 atom stereocenters. The van der Waals surface area contributed by atoms with Gasteiger partial charge in [0.2, 0.25) is 0 Å². The highest BCUT2D eigenvalue weighted by molar-refractivity contribution is 7.80. The first kappa shape index (κ1) is 9.12. The van der Waals surface area contributed by atoms with Gasteiger partial charge < -0.3 is 16.0 Å². The van der Waals surface area contributed by atoms with Gasteiger partial charge in [0.15, 0.2) is 0 Å². The minimum atomic E-state index is -2.24. The summed E-state index contributed by atoms with van der Waals surface area (Å²) in [6.07, 6.45) is 3.05. The Morgan fingerprint density at radius 2 is 2.18 bits per heavy atom. The lowest BCUT2D eigenvalue weighted by molar-refractivity contribution is 0.324. The molecule has 11 heavy (non-hydrogen) atoms. The summed E-state index contributed by atoms with van der Waals surface area (Å²) >= 11 is -2.24. The van der Waals surface area contributed by atoms with E-state index >= 15 is 0 Å². The van der Waals surface area contributed by atoms with Gasteiger partial charge in [0.05, 0.1) is 4.87 Å². The minimum absolute atomic E-state index is 0.394. The lowest BCUT2D eigenvalue weighted by Crippen LogP contribution is -2.59. The van der Waals surface area contributed by atoms with Gasteiger partial charge in [-0.1, -0.05) is 12.8 Å². The molecule has 1 aliphatic carbocycles. The van der Waals surface area contributed by atoms with E-state index in [0.29, 0.717) is 12.8 Å². The zero-order valence-corrected chi connectivity index (χ0v) is 7.10. The Hall–Kier alpha value is 0.0300. The standard InChI is InChI=1S/C6H14N2O2S/c7-5-3-1-2-4-6(5,8)11(9)10/h5H,1-4,7-8H2,(H,9,10)/p-1. The Morgan fingerprint density at radius 3 is 2.55 bits per heavy atom. The second kappa shape index (κ2) is 3.18. The second-order valence-corrected chi connectivity index (χ2v) is 4.27. The van der Waals surface area contributed by atoms with Crippen LogP contribution in [0.15, 0.2) is 0 Å². The number of nitrogens with two attached hydrogens (primary N) is 2. The Kier molecular flexibility index (Phi) is 2.64. The van der Waals surface area contributed by atoms with Crippen molar-refractivity contribution in [2.24, 2.45) is 11.5 Å². The Balaban J connectivity index is 2.72. The molecule has 0 spiro atoms. The molecule has 0 aromatic carbocycles. The fourth-order valence-corrected chi connectivity index (χ4v) is 2.08. The maximum absolute atomic E-state index is 10.7. The molecular formula is C6H13N2O2S-. The van der Waals surface area contributed by atoms with E-state index in [1.54, 1.807) is 0 Å². The van der Waals surface area contributed by atoms with Crippen molar-refractivity contribution in [2.75, 3.05) is 0 Å². The van der Waals surface area contributed by atoms with Crippen molar-refractivity contribution in [3.8, 4) is 0 Å². The predicted molar refractivity (Wildman–Crippen MR) is 42.3 cm³/mol. The van der Waals surface area contributed by atoms with Crippen LogP contribution >= 0.6 is 0 Å². The van der Waals surface area contributed by atoms with Crippen LogP contribution in [0.5, 0.6) is 0 Å². The average Bonchev–Trinajstić information content (AvgIpc) is 1.95. The molecule has 5 heteroatoms. The van der Waals surface area contributed by atoms with Gasteiger partial charge in [-0.3, -0.25) is 4.21 Å². The Bertz CT molecular complexity index is 176. The summed E-state index contributed by atoms with van der Waals surface area (Å²) < 4.78 is 21.4. The monoisotopic (exact) mass is 177 g/mol. The van der Waals surface area contributed by atoms with E-state index < -0.39 is 22.0 Å². The van der Waals surface area contributed by atoms with Crippen molar-refractivity contribution in [3.05, 3.63) is 0 Å². The van der Waals surface area contributed by atoms with Crippen LogP contribution in [0.1, 0.15) is 25.7 Å². The van der Waals surface area contributed by atoms with Crippen LogP contribution in [0.2, 0.25) is 0 Å². The van der Waals surface area contributed by atoms with Gasteiger partial charge in [-0.05, 0) is 23.9 Å². The van der Waals surface area contributed by atoms with Crippen LogP contribution < -0.4 is 11.5 Å². The predicted octanol–water partition coefficient (Wildman–Crippen LogP) is -0.578. The molecule has 0 bridgehead atoms. The zero-order valence-electron chi connectivity index (χ0n) is 6.29. The lowest BCUT2D eigenvalue weighted by atomic mass is 9.91. The molecular weight excluding hydrogens is 164 g/mol. The first-order valence-corrected chi connectivity index (χ1v) is 4.78.